The van der Waals surface area contributed by atoms with Crippen LogP contribution < -0.4 is 10.1 Å². The number of carboxylic acids is 1. The maximum Gasteiger partial charge on any atom is 0.335 e. The average molecular weight is 459 g/mol. The van der Waals surface area contributed by atoms with E-state index in [1.165, 1.54) is 29.5 Å². The number of benzene rings is 3. The summed E-state index contributed by atoms with van der Waals surface area (Å²) in [6.07, 6.45) is 1.78. The molecule has 33 heavy (non-hydrogen) atoms. The second-order valence-electron chi connectivity index (χ2n) is 7.63. The third kappa shape index (κ3) is 5.70. The number of aromatic carboxylic acids is 1. The highest BCUT2D eigenvalue weighted by Gasteiger charge is 2.24. The van der Waals surface area contributed by atoms with Crippen molar-refractivity contribution in [2.45, 2.75) is 20.5 Å². The Kier molecular flexibility index (Phi) is 6.60. The molecule has 1 heterocycles. The average Bonchev–Trinajstić information content (AvgIpc) is 3.13. The predicted octanol–water partition coefficient (Wildman–Crippen LogP) is 5.47. The second-order valence-corrected chi connectivity index (χ2v) is 8.67. The molecule has 1 amide bonds. The molecule has 1 aliphatic rings. The lowest BCUT2D eigenvalue weighted by Gasteiger charge is -2.07. The van der Waals surface area contributed by atoms with Crippen LogP contribution in [0.15, 0.2) is 76.6 Å². The van der Waals surface area contributed by atoms with Gasteiger partial charge in [0.05, 0.1) is 16.2 Å². The molecular weight excluding hydrogens is 436 g/mol. The fourth-order valence-electron chi connectivity index (χ4n) is 3.15. The van der Waals surface area contributed by atoms with Gasteiger partial charge in [-0.3, -0.25) is 4.79 Å². The van der Waals surface area contributed by atoms with Crippen LogP contribution in [-0.2, 0) is 11.4 Å². The normalized spacial score (nSPS) is 15.6. The molecule has 3 aromatic carbocycles. The number of amides is 1. The summed E-state index contributed by atoms with van der Waals surface area (Å²) >= 11 is 1.21. The van der Waals surface area contributed by atoms with Crippen molar-refractivity contribution in [2.24, 2.45) is 4.99 Å². The smallest absolute Gasteiger partial charge is 0.335 e. The van der Waals surface area contributed by atoms with Crippen LogP contribution in [-0.4, -0.2) is 22.2 Å². The summed E-state index contributed by atoms with van der Waals surface area (Å²) in [5.74, 6) is -0.565. The zero-order valence-corrected chi connectivity index (χ0v) is 19.0. The molecule has 0 atom stereocenters. The number of amidine groups is 1. The number of nitrogens with one attached hydrogen (secondary N) is 1. The Morgan fingerprint density at radius 2 is 1.88 bits per heavy atom. The van der Waals surface area contributed by atoms with E-state index in [4.69, 9.17) is 4.74 Å². The summed E-state index contributed by atoms with van der Waals surface area (Å²) in [5.41, 5.74) is 4.58. The maximum atomic E-state index is 12.5. The first-order valence-corrected chi connectivity index (χ1v) is 11.1. The summed E-state index contributed by atoms with van der Waals surface area (Å²) in [4.78, 5) is 28.6. The highest BCUT2D eigenvalue weighted by molar-refractivity contribution is 8.18. The Bertz CT molecular complexity index is 1280. The molecule has 3 aromatic rings. The summed E-state index contributed by atoms with van der Waals surface area (Å²) in [6.45, 7) is 4.34. The number of hydrogen-bond acceptors (Lipinski definition) is 5. The number of carbonyl (C=O) groups excluding carboxylic acids is 1. The van der Waals surface area contributed by atoms with Gasteiger partial charge >= 0.3 is 5.97 Å². The van der Waals surface area contributed by atoms with E-state index in [1.807, 2.05) is 62.4 Å². The summed E-state index contributed by atoms with van der Waals surface area (Å²) in [6, 6.07) is 20.4. The molecule has 1 fully saturated rings. The van der Waals surface area contributed by atoms with E-state index in [0.717, 1.165) is 16.7 Å². The van der Waals surface area contributed by atoms with Gasteiger partial charge in [0.25, 0.3) is 5.91 Å². The second kappa shape index (κ2) is 9.75. The zero-order valence-electron chi connectivity index (χ0n) is 18.2. The quantitative estimate of drug-likeness (QED) is 0.478. The molecule has 1 aliphatic heterocycles. The minimum atomic E-state index is -1.02. The number of aryl methyl sites for hydroxylation is 2. The summed E-state index contributed by atoms with van der Waals surface area (Å²) in [7, 11) is 0. The number of hydrogen-bond donors (Lipinski definition) is 2. The van der Waals surface area contributed by atoms with Crippen molar-refractivity contribution in [1.29, 1.82) is 0 Å². The number of thioether (sulfide) groups is 1. The lowest BCUT2D eigenvalue weighted by Crippen LogP contribution is -2.19. The Hall–Kier alpha value is -3.84. The monoisotopic (exact) mass is 458 g/mol. The van der Waals surface area contributed by atoms with Gasteiger partial charge < -0.3 is 15.2 Å². The molecule has 6 nitrogen and oxygen atoms in total. The molecule has 166 valence electrons. The van der Waals surface area contributed by atoms with Gasteiger partial charge in [-0.1, -0.05) is 48.0 Å². The van der Waals surface area contributed by atoms with E-state index >= 15 is 0 Å². The molecule has 1 saturated heterocycles. The Morgan fingerprint density at radius 3 is 2.64 bits per heavy atom. The number of aliphatic imine (C=N–C) groups is 1. The topological polar surface area (TPSA) is 88.0 Å². The number of carbonyl (C=O) groups is 2. The van der Waals surface area contributed by atoms with Crippen molar-refractivity contribution in [3.63, 3.8) is 0 Å². The number of nitrogens with zero attached hydrogens (tertiary/aromatic N) is 1. The van der Waals surface area contributed by atoms with Crippen molar-refractivity contribution in [3.05, 3.63) is 99.5 Å². The molecule has 7 heteroatoms. The Labute approximate surface area is 196 Å². The molecule has 0 bridgehead atoms. The number of ether oxygens (including phenoxy) is 1. The van der Waals surface area contributed by atoms with Gasteiger partial charge in [0, 0.05) is 0 Å². The lowest BCUT2D eigenvalue weighted by atomic mass is 10.1. The van der Waals surface area contributed by atoms with Crippen LogP contribution in [0, 0.1) is 13.8 Å². The molecule has 0 unspecified atom stereocenters. The molecule has 0 spiro atoms. The third-order valence-corrected chi connectivity index (χ3v) is 5.92. The predicted molar refractivity (Wildman–Crippen MR) is 131 cm³/mol. The molecule has 0 saturated carbocycles. The van der Waals surface area contributed by atoms with Crippen LogP contribution in [0.1, 0.15) is 32.6 Å². The van der Waals surface area contributed by atoms with E-state index < -0.39 is 5.97 Å². The van der Waals surface area contributed by atoms with Gasteiger partial charge in [0.1, 0.15) is 12.4 Å². The van der Waals surface area contributed by atoms with E-state index in [2.05, 4.69) is 10.3 Å². The molecule has 0 radical (unpaired) electrons. The zero-order chi connectivity index (χ0) is 23.4. The van der Waals surface area contributed by atoms with Gasteiger partial charge in [-0.25, -0.2) is 9.79 Å². The number of carboxylic acid groups (broad SMARTS) is 1. The highest BCUT2D eigenvalue weighted by atomic mass is 32.2. The lowest BCUT2D eigenvalue weighted by molar-refractivity contribution is -0.115. The summed E-state index contributed by atoms with van der Waals surface area (Å²) in [5, 5.41) is 12.4. The Morgan fingerprint density at radius 1 is 1.09 bits per heavy atom. The van der Waals surface area contributed by atoms with Crippen molar-refractivity contribution >= 4 is 40.6 Å². The van der Waals surface area contributed by atoms with E-state index in [0.29, 0.717) is 28.1 Å². The molecule has 4 rings (SSSR count). The first-order chi connectivity index (χ1) is 15.9. The van der Waals surface area contributed by atoms with Crippen molar-refractivity contribution in [1.82, 2.24) is 5.32 Å². The van der Waals surface area contributed by atoms with Crippen molar-refractivity contribution in [3.8, 4) is 5.75 Å². The van der Waals surface area contributed by atoms with Gasteiger partial charge in [-0.15, -0.1) is 0 Å². The van der Waals surface area contributed by atoms with E-state index in [9.17, 15) is 14.7 Å². The van der Waals surface area contributed by atoms with Crippen molar-refractivity contribution < 1.29 is 19.4 Å². The minimum absolute atomic E-state index is 0.146. The van der Waals surface area contributed by atoms with Crippen LogP contribution in [0.25, 0.3) is 6.08 Å². The van der Waals surface area contributed by atoms with Crippen LogP contribution in [0.2, 0.25) is 0 Å². The van der Waals surface area contributed by atoms with Crippen LogP contribution in [0.5, 0.6) is 5.75 Å². The van der Waals surface area contributed by atoms with Crippen molar-refractivity contribution in [2.75, 3.05) is 0 Å². The van der Waals surface area contributed by atoms with E-state index in [-0.39, 0.29) is 11.5 Å². The third-order valence-electron chi connectivity index (χ3n) is 5.01. The maximum absolute atomic E-state index is 12.5. The van der Waals surface area contributed by atoms with Crippen LogP contribution in [0.3, 0.4) is 0 Å². The van der Waals surface area contributed by atoms with Crippen LogP contribution in [0.4, 0.5) is 5.69 Å². The largest absolute Gasteiger partial charge is 0.489 e. The van der Waals surface area contributed by atoms with Crippen LogP contribution >= 0.6 is 11.8 Å². The van der Waals surface area contributed by atoms with Gasteiger partial charge in [-0.2, -0.15) is 0 Å². The standard InChI is InChI=1S/C26H22N2O4S/c1-16-6-9-18(10-7-16)15-32-21-5-3-4-19(12-21)13-23-24(29)28-26(33-23)27-22-14-20(25(30)31)11-8-17(22)2/h3-14H,15H2,1-2H3,(H,30,31)(H,27,28,29)/b23-13-. The van der Waals surface area contributed by atoms with Gasteiger partial charge in [0.2, 0.25) is 0 Å². The first kappa shape index (κ1) is 22.4. The molecule has 2 N–H and O–H groups in total. The van der Waals surface area contributed by atoms with Gasteiger partial charge in [0.15, 0.2) is 5.17 Å². The fourth-order valence-corrected chi connectivity index (χ4v) is 3.98. The summed E-state index contributed by atoms with van der Waals surface area (Å²) < 4.78 is 5.90. The molecule has 0 aliphatic carbocycles. The fraction of sp³-hybridized carbons (Fsp3) is 0.115. The SMILES string of the molecule is Cc1ccc(COc2cccc(/C=C3\SC(=Nc4cc(C(=O)O)ccc4C)NC3=O)c2)cc1. The molecular formula is C26H22N2O4S. The Balaban J connectivity index is 1.48. The first-order valence-electron chi connectivity index (χ1n) is 10.3. The van der Waals surface area contributed by atoms with E-state index in [1.54, 1.807) is 12.1 Å². The van der Waals surface area contributed by atoms with Gasteiger partial charge in [-0.05, 0) is 72.6 Å². The minimum Gasteiger partial charge on any atom is -0.489 e. The number of rotatable bonds is 6. The highest BCUT2D eigenvalue weighted by Crippen LogP contribution is 2.30. The molecule has 0 aromatic heterocycles.